The average molecular weight is 1180 g/mol. The molecule has 3 fully saturated rings. The molecule has 0 radical (unpaired) electrons. The topological polar surface area (TPSA) is 309 Å². The molecule has 13 rings (SSSR count). The molecule has 23 nitrogen and oxygen atoms in total. The van der Waals surface area contributed by atoms with Crippen molar-refractivity contribution in [3.8, 4) is 0 Å². The molecular weight excluding hydrogens is 1130 g/mol. The second kappa shape index (κ2) is 23.4. The maximum Gasteiger partial charge on any atom is 0.356 e. The first-order valence-electron chi connectivity index (χ1n) is 25.8. The van der Waals surface area contributed by atoms with E-state index >= 15 is 0 Å². The number of nitro benzene ring substituents is 1. The number of benzene rings is 3. The van der Waals surface area contributed by atoms with Gasteiger partial charge in [0.25, 0.3) is 5.69 Å². The Hall–Kier alpha value is -9.14. The van der Waals surface area contributed by atoms with Crippen molar-refractivity contribution in [2.75, 3.05) is 0 Å². The van der Waals surface area contributed by atoms with Crippen molar-refractivity contribution in [2.45, 2.75) is 92.3 Å². The summed E-state index contributed by atoms with van der Waals surface area (Å²) >= 11 is 3.60. The van der Waals surface area contributed by atoms with Gasteiger partial charge in [0.15, 0.2) is 15.5 Å². The fourth-order valence-electron chi connectivity index (χ4n) is 10.9. The van der Waals surface area contributed by atoms with Crippen LogP contribution in [0, 0.1) is 35.8 Å². The fraction of sp³-hybridized carbons (Fsp3) is 0.246. The van der Waals surface area contributed by atoms with Crippen molar-refractivity contribution in [1.29, 1.82) is 0 Å². The summed E-state index contributed by atoms with van der Waals surface area (Å²) in [4.78, 5) is 127. The van der Waals surface area contributed by atoms with Gasteiger partial charge < -0.3 is 34.4 Å². The first-order chi connectivity index (χ1) is 40.0. The summed E-state index contributed by atoms with van der Waals surface area (Å²) in [6, 6.07) is 27.4. The van der Waals surface area contributed by atoms with Gasteiger partial charge in [-0.1, -0.05) is 95.9 Å². The quantitative estimate of drug-likeness (QED) is 0.0332. The molecule has 0 bridgehead atoms. The smallest absolute Gasteiger partial charge is 0.356 e. The lowest BCUT2D eigenvalue weighted by atomic mass is 9.85. The molecular formula is C57H46N10O13S3. The molecule has 7 aliphatic heterocycles. The number of aryl methyl sites for hydroxylation is 2. The van der Waals surface area contributed by atoms with E-state index < -0.39 is 40.8 Å². The lowest BCUT2D eigenvalue weighted by molar-refractivity contribution is -0.384. The molecule has 6 aromatic rings. The SMILES string of the molecule is Cc1cc(C)nc(SC2=C(C(=O)O)N3C(=O)CC3C2C2OC(=O)c3ccccc32)n1.O=C(O)C1=C(Sc2ncccn2)C(Cc2ccc([N+](=O)[O-])cc2)C2CC(=O)N12.O=C(OCc1ccccc1)C1=C(Sc2ncccn2)CC2CC(=O)N12. The Bertz CT molecular complexity index is 3740. The highest BCUT2D eigenvalue weighted by Crippen LogP contribution is 2.56. The van der Waals surface area contributed by atoms with Crippen LogP contribution in [0.5, 0.6) is 0 Å². The van der Waals surface area contributed by atoms with Crippen LogP contribution in [0.25, 0.3) is 0 Å². The Balaban J connectivity index is 0.000000131. The van der Waals surface area contributed by atoms with Gasteiger partial charge in [-0.15, -0.1) is 0 Å². The molecule has 26 heteroatoms. The lowest BCUT2D eigenvalue weighted by Gasteiger charge is -2.39. The number of cyclic esters (lactones) is 1. The number of ether oxygens (including phenoxy) is 2. The minimum atomic E-state index is -1.19. The van der Waals surface area contributed by atoms with Crippen LogP contribution in [0.3, 0.4) is 0 Å². The predicted molar refractivity (Wildman–Crippen MR) is 294 cm³/mol. The molecule has 3 amide bonds. The van der Waals surface area contributed by atoms with Crippen LogP contribution in [-0.2, 0) is 51.3 Å². The normalized spacial score (nSPS) is 21.5. The van der Waals surface area contributed by atoms with E-state index in [2.05, 4.69) is 29.9 Å². The summed E-state index contributed by atoms with van der Waals surface area (Å²) < 4.78 is 11.1. The van der Waals surface area contributed by atoms with E-state index in [0.717, 1.165) is 50.9 Å². The van der Waals surface area contributed by atoms with Crippen molar-refractivity contribution >= 4 is 82.6 Å². The largest absolute Gasteiger partial charge is 0.477 e. The van der Waals surface area contributed by atoms with Crippen molar-refractivity contribution < 1.29 is 58.2 Å². The molecule has 83 heavy (non-hydrogen) atoms. The highest BCUT2D eigenvalue weighted by atomic mass is 32.2. The van der Waals surface area contributed by atoms with Gasteiger partial charge in [0.05, 0.1) is 34.5 Å². The highest BCUT2D eigenvalue weighted by Gasteiger charge is 2.59. The van der Waals surface area contributed by atoms with Gasteiger partial charge in [0.2, 0.25) is 17.7 Å². The average Bonchev–Trinajstić information content (AvgIpc) is 2.14. The van der Waals surface area contributed by atoms with E-state index in [9.17, 15) is 53.9 Å². The number of rotatable bonds is 15. The summed E-state index contributed by atoms with van der Waals surface area (Å²) in [5.41, 5.74) is 4.66. The molecule has 0 saturated carbocycles. The number of nitrogens with zero attached hydrogens (tertiary/aromatic N) is 10. The number of carboxylic acid groups (broad SMARTS) is 2. The van der Waals surface area contributed by atoms with Gasteiger partial charge in [-0.2, -0.15) is 0 Å². The minimum absolute atomic E-state index is 0.00956. The zero-order valence-electron chi connectivity index (χ0n) is 43.8. The number of β-lactam (4-membered cyclic amide) rings is 3. The van der Waals surface area contributed by atoms with Crippen LogP contribution < -0.4 is 0 Å². The summed E-state index contributed by atoms with van der Waals surface area (Å²) in [6.45, 7) is 3.85. The lowest BCUT2D eigenvalue weighted by Crippen LogP contribution is -2.53. The second-order valence-electron chi connectivity index (χ2n) is 19.7. The summed E-state index contributed by atoms with van der Waals surface area (Å²) in [6.07, 6.45) is 7.81. The highest BCUT2D eigenvalue weighted by molar-refractivity contribution is 8.03. The Morgan fingerprint density at radius 3 is 1.83 bits per heavy atom. The number of fused-ring (bicyclic) bond motifs is 4. The molecule has 3 saturated heterocycles. The molecule has 0 aliphatic carbocycles. The summed E-state index contributed by atoms with van der Waals surface area (Å²) in [5, 5.41) is 31.8. The number of carbonyl (C=O) groups excluding carboxylic acids is 5. The van der Waals surface area contributed by atoms with E-state index in [-0.39, 0.29) is 78.3 Å². The second-order valence-corrected chi connectivity index (χ2v) is 22.8. The zero-order chi connectivity index (χ0) is 58.2. The van der Waals surface area contributed by atoms with E-state index in [0.29, 0.717) is 61.4 Å². The number of esters is 2. The van der Waals surface area contributed by atoms with Crippen LogP contribution >= 0.6 is 35.3 Å². The molecule has 0 spiro atoms. The van der Waals surface area contributed by atoms with Crippen molar-refractivity contribution in [2.24, 2.45) is 11.8 Å². The maximum absolute atomic E-state index is 12.6. The summed E-state index contributed by atoms with van der Waals surface area (Å²) in [7, 11) is 0. The third-order valence-corrected chi connectivity index (χ3v) is 17.7. The molecule has 2 N–H and O–H groups in total. The molecule has 6 unspecified atom stereocenters. The number of amides is 3. The molecule has 7 aliphatic rings. The number of thioether (sulfide) groups is 3. The van der Waals surface area contributed by atoms with Gasteiger partial charge in [-0.3, -0.25) is 24.5 Å². The number of hydrogen-bond acceptors (Lipinski definition) is 20. The standard InChI is InChI=1S/C21H17N3O5S.C18H14N4O5S.C18H15N3O3S/c1-9-7-10(2)23-21(22-9)30-18-15(13-8-14(25)24(13)16(18)19(26)27)17-11-5-3-4-6-12(11)20(28)29-17;23-14-9-13-12(8-10-2-4-11(5-3-10)22(26)27)16(15(17(24)25)21(13)14)28-18-19-6-1-7-20-18;22-15-10-13-9-14(25-18-19-7-4-8-20-18)16(21(13)15)17(23)24-11-12-5-2-1-3-6-12/h3-7,13,15,17H,8H2,1-2H3,(H,26,27);1-7,12-13H,8-9H2,(H,24,25);1-8,13H,9-11H2. The van der Waals surface area contributed by atoms with Crippen LogP contribution in [-0.4, -0.2) is 119 Å². The molecule has 3 aromatic carbocycles. The van der Waals surface area contributed by atoms with E-state index in [1.165, 1.54) is 33.7 Å². The first-order valence-corrected chi connectivity index (χ1v) is 28.3. The Morgan fingerprint density at radius 1 is 0.651 bits per heavy atom. The molecule has 10 heterocycles. The number of aliphatic carboxylic acids is 2. The van der Waals surface area contributed by atoms with E-state index in [1.54, 1.807) is 66.1 Å². The van der Waals surface area contributed by atoms with Crippen LogP contribution in [0.4, 0.5) is 5.69 Å². The number of hydrogen-bond donors (Lipinski definition) is 2. The van der Waals surface area contributed by atoms with E-state index in [4.69, 9.17) is 9.47 Å². The van der Waals surface area contributed by atoms with Crippen molar-refractivity contribution in [1.82, 2.24) is 44.6 Å². The number of carbonyl (C=O) groups is 7. The Kier molecular flexibility index (Phi) is 15.7. The Labute approximate surface area is 484 Å². The number of non-ortho nitro benzene ring substituents is 1. The van der Waals surface area contributed by atoms with Crippen LogP contribution in [0.2, 0.25) is 0 Å². The van der Waals surface area contributed by atoms with Gasteiger partial charge in [-0.05, 0) is 55.7 Å². The van der Waals surface area contributed by atoms with Crippen LogP contribution in [0.15, 0.2) is 169 Å². The Morgan fingerprint density at radius 2 is 1.22 bits per heavy atom. The zero-order valence-corrected chi connectivity index (χ0v) is 46.3. The third-order valence-electron chi connectivity index (χ3n) is 14.5. The molecule has 6 atom stereocenters. The van der Waals surface area contributed by atoms with Gasteiger partial charge in [0, 0.05) is 100 Å². The fourth-order valence-corrected chi connectivity index (χ4v) is 14.3. The molecule has 3 aromatic heterocycles. The predicted octanol–water partition coefficient (Wildman–Crippen LogP) is 7.40. The molecule has 420 valence electrons. The van der Waals surface area contributed by atoms with Crippen molar-refractivity contribution in [3.63, 3.8) is 0 Å². The minimum Gasteiger partial charge on any atom is -0.477 e. The van der Waals surface area contributed by atoms with Crippen LogP contribution in [0.1, 0.15) is 70.2 Å². The number of nitro groups is 1. The number of aromatic nitrogens is 6. The maximum atomic E-state index is 12.6. The van der Waals surface area contributed by atoms with Gasteiger partial charge in [0.1, 0.15) is 29.8 Å². The third kappa shape index (κ3) is 11.2. The van der Waals surface area contributed by atoms with E-state index in [1.807, 2.05) is 62.4 Å². The van der Waals surface area contributed by atoms with Gasteiger partial charge in [-0.25, -0.2) is 49.1 Å². The number of carboxylic acids is 2. The van der Waals surface area contributed by atoms with Crippen molar-refractivity contribution in [3.05, 3.63) is 197 Å². The van der Waals surface area contributed by atoms with Gasteiger partial charge >= 0.3 is 23.9 Å². The summed E-state index contributed by atoms with van der Waals surface area (Å²) in [5.74, 6) is -4.52. The first kappa shape index (κ1) is 55.8. The monoisotopic (exact) mass is 1170 g/mol.